The second kappa shape index (κ2) is 6.53. The minimum atomic E-state index is 0.849. The van der Waals surface area contributed by atoms with E-state index in [-0.39, 0.29) is 0 Å². The Morgan fingerprint density at radius 1 is 0.438 bits per heavy atom. The van der Waals surface area contributed by atoms with Gasteiger partial charge >= 0.3 is 0 Å². The third-order valence-electron chi connectivity index (χ3n) is 6.05. The largest absolute Gasteiger partial charge is 0.255 e. The molecule has 0 atom stereocenters. The molecule has 32 heavy (non-hydrogen) atoms. The molecule has 0 amide bonds. The Labute approximate surface area is 183 Å². The van der Waals surface area contributed by atoms with Crippen molar-refractivity contribution in [3.05, 3.63) is 97.2 Å². The molecule has 4 heteroatoms. The van der Waals surface area contributed by atoms with Gasteiger partial charge in [0.05, 0.1) is 39.0 Å². The Kier molecular flexibility index (Phi) is 3.52. The first-order valence-electron chi connectivity index (χ1n) is 10.6. The molecule has 0 fully saturated rings. The standard InChI is InChI=1S/C28H16N4/c1-2-8-18-16-25-24(15-17(18)7-1)31-27-20-10-4-3-9-19(20)26-21(28(27)32-25)12-13-23(30-26)22-11-5-6-14-29-22/h1-16H. The molecular formula is C28H16N4. The molecule has 0 aliphatic carbocycles. The fourth-order valence-electron chi connectivity index (χ4n) is 4.53. The molecule has 148 valence electrons. The van der Waals surface area contributed by atoms with Crippen molar-refractivity contribution < 1.29 is 0 Å². The van der Waals surface area contributed by atoms with E-state index in [9.17, 15) is 0 Å². The number of nitrogens with zero attached hydrogens (tertiary/aromatic N) is 4. The summed E-state index contributed by atoms with van der Waals surface area (Å²) in [6.07, 6.45) is 1.79. The Morgan fingerprint density at radius 2 is 1.06 bits per heavy atom. The van der Waals surface area contributed by atoms with Crippen LogP contribution in [0.2, 0.25) is 0 Å². The van der Waals surface area contributed by atoms with E-state index < -0.39 is 0 Å². The van der Waals surface area contributed by atoms with Crippen LogP contribution < -0.4 is 0 Å². The number of hydrogen-bond acceptors (Lipinski definition) is 4. The van der Waals surface area contributed by atoms with Crippen LogP contribution >= 0.6 is 0 Å². The van der Waals surface area contributed by atoms with E-state index in [1.165, 1.54) is 5.39 Å². The van der Waals surface area contributed by atoms with E-state index >= 15 is 0 Å². The van der Waals surface area contributed by atoms with Crippen LogP contribution in [0.4, 0.5) is 0 Å². The van der Waals surface area contributed by atoms with Gasteiger partial charge in [0.2, 0.25) is 0 Å². The van der Waals surface area contributed by atoms with E-state index in [4.69, 9.17) is 15.0 Å². The summed E-state index contributed by atoms with van der Waals surface area (Å²) in [5, 5.41) is 5.46. The molecular weight excluding hydrogens is 392 g/mol. The Morgan fingerprint density at radius 3 is 1.75 bits per heavy atom. The van der Waals surface area contributed by atoms with E-state index in [0.29, 0.717) is 0 Å². The minimum Gasteiger partial charge on any atom is -0.255 e. The number of pyridine rings is 2. The van der Waals surface area contributed by atoms with Crippen LogP contribution in [0.5, 0.6) is 0 Å². The third-order valence-corrected chi connectivity index (χ3v) is 6.05. The number of fused-ring (bicyclic) bond motifs is 8. The highest BCUT2D eigenvalue weighted by atomic mass is 14.8. The van der Waals surface area contributed by atoms with Crippen LogP contribution in [0.15, 0.2) is 97.2 Å². The Bertz CT molecular complexity index is 1830. The fourth-order valence-corrected chi connectivity index (χ4v) is 4.53. The SMILES string of the molecule is c1ccc(-c2ccc3c(n2)c2ccccc2c2nc4cc5ccccc5cc4nc32)nc1. The first-order chi connectivity index (χ1) is 15.8. The van der Waals surface area contributed by atoms with Crippen LogP contribution in [-0.4, -0.2) is 19.9 Å². The molecule has 7 rings (SSSR count). The van der Waals surface area contributed by atoms with Crippen molar-refractivity contribution in [2.24, 2.45) is 0 Å². The average Bonchev–Trinajstić information content (AvgIpc) is 2.87. The fraction of sp³-hybridized carbons (Fsp3) is 0. The van der Waals surface area contributed by atoms with Crippen LogP contribution in [0.3, 0.4) is 0 Å². The monoisotopic (exact) mass is 408 g/mol. The Balaban J connectivity index is 1.64. The van der Waals surface area contributed by atoms with Gasteiger partial charge in [0.1, 0.15) is 0 Å². The van der Waals surface area contributed by atoms with Gasteiger partial charge in [-0.1, -0.05) is 54.6 Å². The molecule has 0 saturated carbocycles. The lowest BCUT2D eigenvalue weighted by Crippen LogP contribution is -1.94. The van der Waals surface area contributed by atoms with Gasteiger partial charge < -0.3 is 0 Å². The molecule has 0 N–H and O–H groups in total. The molecule has 0 radical (unpaired) electrons. The Hall–Kier alpha value is -4.44. The second-order valence-electron chi connectivity index (χ2n) is 7.96. The highest BCUT2D eigenvalue weighted by Gasteiger charge is 2.14. The lowest BCUT2D eigenvalue weighted by Gasteiger charge is -2.11. The highest BCUT2D eigenvalue weighted by Crippen LogP contribution is 2.35. The summed E-state index contributed by atoms with van der Waals surface area (Å²) >= 11 is 0. The zero-order valence-electron chi connectivity index (χ0n) is 17.0. The molecule has 0 unspecified atom stereocenters. The molecule has 0 aliphatic heterocycles. The first kappa shape index (κ1) is 17.3. The summed E-state index contributed by atoms with van der Waals surface area (Å²) in [4.78, 5) is 19.7. The lowest BCUT2D eigenvalue weighted by molar-refractivity contribution is 1.28. The summed E-state index contributed by atoms with van der Waals surface area (Å²) in [7, 11) is 0. The van der Waals surface area contributed by atoms with Crippen molar-refractivity contribution >= 4 is 54.5 Å². The first-order valence-corrected chi connectivity index (χ1v) is 10.6. The lowest BCUT2D eigenvalue weighted by atomic mass is 10.0. The summed E-state index contributed by atoms with van der Waals surface area (Å²) in [5.74, 6) is 0. The second-order valence-corrected chi connectivity index (χ2v) is 7.96. The predicted octanol–water partition coefficient (Wildman–Crippen LogP) is 6.70. The quantitative estimate of drug-likeness (QED) is 0.224. The van der Waals surface area contributed by atoms with Crippen molar-refractivity contribution in [1.82, 2.24) is 19.9 Å². The van der Waals surface area contributed by atoms with Crippen molar-refractivity contribution in [1.29, 1.82) is 0 Å². The summed E-state index contributed by atoms with van der Waals surface area (Å²) in [6.45, 7) is 0. The van der Waals surface area contributed by atoms with Crippen LogP contribution in [0.1, 0.15) is 0 Å². The van der Waals surface area contributed by atoms with Gasteiger partial charge in [0.15, 0.2) is 0 Å². The maximum Gasteiger partial charge on any atom is 0.0995 e. The van der Waals surface area contributed by atoms with E-state index in [1.807, 2.05) is 36.4 Å². The average molecular weight is 408 g/mol. The maximum absolute atomic E-state index is 5.09. The van der Waals surface area contributed by atoms with Crippen LogP contribution in [0, 0.1) is 0 Å². The van der Waals surface area contributed by atoms with Crippen molar-refractivity contribution in [3.8, 4) is 11.4 Å². The highest BCUT2D eigenvalue weighted by molar-refractivity contribution is 6.23. The molecule has 0 bridgehead atoms. The van der Waals surface area contributed by atoms with E-state index in [0.717, 1.165) is 60.5 Å². The number of rotatable bonds is 1. The van der Waals surface area contributed by atoms with Crippen molar-refractivity contribution in [3.63, 3.8) is 0 Å². The zero-order valence-corrected chi connectivity index (χ0v) is 17.0. The maximum atomic E-state index is 5.09. The smallest absolute Gasteiger partial charge is 0.0995 e. The van der Waals surface area contributed by atoms with Crippen molar-refractivity contribution in [2.45, 2.75) is 0 Å². The van der Waals surface area contributed by atoms with Crippen molar-refractivity contribution in [2.75, 3.05) is 0 Å². The van der Waals surface area contributed by atoms with E-state index in [2.05, 4.69) is 59.6 Å². The van der Waals surface area contributed by atoms with Gasteiger partial charge in [0, 0.05) is 22.4 Å². The molecule has 4 aromatic carbocycles. The normalized spacial score (nSPS) is 11.8. The molecule has 4 nitrogen and oxygen atoms in total. The molecule has 0 saturated heterocycles. The summed E-state index contributed by atoms with van der Waals surface area (Å²) in [6, 6.07) is 30.9. The molecule has 3 aromatic heterocycles. The molecule has 7 aromatic rings. The minimum absolute atomic E-state index is 0.849. The topological polar surface area (TPSA) is 51.6 Å². The van der Waals surface area contributed by atoms with Gasteiger partial charge in [-0.25, -0.2) is 15.0 Å². The molecule has 0 spiro atoms. The van der Waals surface area contributed by atoms with Crippen LogP contribution in [0.25, 0.3) is 65.9 Å². The predicted molar refractivity (Wildman–Crippen MR) is 131 cm³/mol. The zero-order chi connectivity index (χ0) is 21.1. The van der Waals surface area contributed by atoms with Gasteiger partial charge in [-0.15, -0.1) is 0 Å². The van der Waals surface area contributed by atoms with Gasteiger partial charge in [0.25, 0.3) is 0 Å². The molecule has 0 aliphatic rings. The number of hydrogen-bond donors (Lipinski definition) is 0. The number of benzene rings is 4. The van der Waals surface area contributed by atoms with Gasteiger partial charge in [-0.05, 0) is 47.2 Å². The number of aromatic nitrogens is 4. The summed E-state index contributed by atoms with van der Waals surface area (Å²) in [5.41, 5.74) is 6.20. The summed E-state index contributed by atoms with van der Waals surface area (Å²) < 4.78 is 0. The molecule has 3 heterocycles. The van der Waals surface area contributed by atoms with E-state index in [1.54, 1.807) is 6.20 Å². The van der Waals surface area contributed by atoms with Gasteiger partial charge in [-0.2, -0.15) is 0 Å². The van der Waals surface area contributed by atoms with Crippen LogP contribution in [-0.2, 0) is 0 Å². The third kappa shape index (κ3) is 2.50. The van der Waals surface area contributed by atoms with Gasteiger partial charge in [-0.3, -0.25) is 4.98 Å².